The maximum atomic E-state index is 12.3. The number of nitrogens with one attached hydrogen (secondary N) is 1. The number of carbonyl (C=O) groups is 1. The summed E-state index contributed by atoms with van der Waals surface area (Å²) < 4.78 is 5.26. The fourth-order valence-corrected chi connectivity index (χ4v) is 2.67. The Kier molecular flexibility index (Phi) is 7.50. The van der Waals surface area contributed by atoms with E-state index in [1.807, 2.05) is 6.92 Å². The van der Waals surface area contributed by atoms with Gasteiger partial charge in [-0.25, -0.2) is 0 Å². The highest BCUT2D eigenvalue weighted by Crippen LogP contribution is 2.25. The Morgan fingerprint density at radius 1 is 1.48 bits per heavy atom. The lowest BCUT2D eigenvalue weighted by molar-refractivity contribution is -0.153. The third-order valence-electron chi connectivity index (χ3n) is 4.01. The quantitative estimate of drug-likeness (QED) is 0.244. The van der Waals surface area contributed by atoms with Gasteiger partial charge in [-0.15, -0.1) is 0 Å². The zero-order valence-corrected chi connectivity index (χ0v) is 13.3. The van der Waals surface area contributed by atoms with Gasteiger partial charge in [0, 0.05) is 30.6 Å². The second-order valence-electron chi connectivity index (χ2n) is 5.67. The molecule has 0 atom stereocenters. The third kappa shape index (κ3) is 5.19. The van der Waals surface area contributed by atoms with Crippen molar-refractivity contribution in [3.8, 4) is 0 Å². The fourth-order valence-electron chi connectivity index (χ4n) is 2.67. The van der Waals surface area contributed by atoms with Crippen molar-refractivity contribution in [2.45, 2.75) is 51.6 Å². The van der Waals surface area contributed by atoms with Gasteiger partial charge in [-0.2, -0.15) is 0 Å². The molecule has 0 aromatic heterocycles. The number of hydrogen-bond donors (Lipinski definition) is 1. The van der Waals surface area contributed by atoms with Gasteiger partial charge in [0.15, 0.2) is 0 Å². The molecule has 0 saturated carbocycles. The van der Waals surface area contributed by atoms with Gasteiger partial charge in [0.05, 0.1) is 6.61 Å². The minimum absolute atomic E-state index is 0.155. The molecule has 0 aromatic rings. The number of likely N-dealkylation sites (tertiary alicyclic amines) is 1. The van der Waals surface area contributed by atoms with E-state index in [9.17, 15) is 4.79 Å². The van der Waals surface area contributed by atoms with E-state index >= 15 is 0 Å². The summed E-state index contributed by atoms with van der Waals surface area (Å²) in [7, 11) is 0. The normalized spacial score (nSPS) is 18.3. The lowest BCUT2D eigenvalue weighted by Gasteiger charge is -2.42. The Hall–Kier alpha value is -1.30. The Morgan fingerprint density at radius 2 is 2.14 bits per heavy atom. The summed E-state index contributed by atoms with van der Waals surface area (Å²) in [5, 5.41) is 6.86. The first-order chi connectivity index (χ1) is 10.1. The number of rotatable bonds is 8. The molecule has 0 amide bonds. The molecule has 7 nitrogen and oxygen atoms in total. The molecular formula is C14H27N5O2. The number of azide groups is 1. The highest BCUT2D eigenvalue weighted by molar-refractivity contribution is 5.81. The van der Waals surface area contributed by atoms with Crippen molar-refractivity contribution in [2.75, 3.05) is 32.8 Å². The lowest BCUT2D eigenvalue weighted by atomic mass is 9.86. The van der Waals surface area contributed by atoms with E-state index in [1.165, 1.54) is 0 Å². The van der Waals surface area contributed by atoms with Gasteiger partial charge < -0.3 is 15.0 Å². The van der Waals surface area contributed by atoms with Crippen molar-refractivity contribution in [1.82, 2.24) is 10.2 Å². The largest absolute Gasteiger partial charge is 0.465 e. The predicted molar refractivity (Wildman–Crippen MR) is 81.9 cm³/mol. The number of esters is 1. The lowest BCUT2D eigenvalue weighted by Crippen LogP contribution is -2.60. The second-order valence-corrected chi connectivity index (χ2v) is 5.67. The Bertz CT molecular complexity index is 372. The van der Waals surface area contributed by atoms with Crippen LogP contribution in [0.3, 0.4) is 0 Å². The van der Waals surface area contributed by atoms with Crippen molar-refractivity contribution < 1.29 is 9.53 Å². The van der Waals surface area contributed by atoms with Crippen LogP contribution in [0.1, 0.15) is 40.0 Å². The molecule has 0 aromatic carbocycles. The molecule has 21 heavy (non-hydrogen) atoms. The van der Waals surface area contributed by atoms with Gasteiger partial charge in [0.1, 0.15) is 5.54 Å². The molecule has 120 valence electrons. The molecule has 1 N–H and O–H groups in total. The summed E-state index contributed by atoms with van der Waals surface area (Å²) in [6.07, 6.45) is 2.23. The maximum absolute atomic E-state index is 12.3. The van der Waals surface area contributed by atoms with Crippen molar-refractivity contribution in [3.05, 3.63) is 10.4 Å². The fraction of sp³-hybridized carbons (Fsp3) is 0.929. The van der Waals surface area contributed by atoms with Crippen molar-refractivity contribution in [1.29, 1.82) is 0 Å². The molecule has 0 bridgehead atoms. The molecule has 0 spiro atoms. The molecule has 0 unspecified atom stereocenters. The van der Waals surface area contributed by atoms with E-state index in [-0.39, 0.29) is 5.97 Å². The molecule has 0 radical (unpaired) electrons. The van der Waals surface area contributed by atoms with Gasteiger partial charge in [0.2, 0.25) is 0 Å². The van der Waals surface area contributed by atoms with Crippen LogP contribution in [0.5, 0.6) is 0 Å². The predicted octanol–water partition coefficient (Wildman–Crippen LogP) is 2.08. The van der Waals surface area contributed by atoms with E-state index in [2.05, 4.69) is 34.1 Å². The Balaban J connectivity index is 2.60. The van der Waals surface area contributed by atoms with Crippen LogP contribution >= 0.6 is 0 Å². The summed E-state index contributed by atoms with van der Waals surface area (Å²) in [4.78, 5) is 17.4. The van der Waals surface area contributed by atoms with E-state index in [0.717, 1.165) is 32.4 Å². The average molecular weight is 297 g/mol. The first kappa shape index (κ1) is 17.8. The molecule has 1 saturated heterocycles. The minimum Gasteiger partial charge on any atom is -0.465 e. The molecule has 0 aliphatic carbocycles. The van der Waals surface area contributed by atoms with Crippen LogP contribution < -0.4 is 5.32 Å². The Labute approximate surface area is 126 Å². The summed E-state index contributed by atoms with van der Waals surface area (Å²) in [6.45, 7) is 9.44. The van der Waals surface area contributed by atoms with E-state index < -0.39 is 5.54 Å². The maximum Gasteiger partial charge on any atom is 0.326 e. The highest BCUT2D eigenvalue weighted by Gasteiger charge is 2.42. The number of piperidine rings is 1. The summed E-state index contributed by atoms with van der Waals surface area (Å²) >= 11 is 0. The molecule has 1 rings (SSSR count). The van der Waals surface area contributed by atoms with Crippen LogP contribution in [-0.4, -0.2) is 55.2 Å². The molecule has 7 heteroatoms. The standard InChI is InChI=1S/C14H27N5O2/c1-4-21-13(20)14(16-8-5-9-17-18-15)6-10-19(11-7-14)12(2)3/h12,16H,4-11H2,1-3H3. The molecule has 1 fully saturated rings. The third-order valence-corrected chi connectivity index (χ3v) is 4.01. The van der Waals surface area contributed by atoms with Crippen molar-refractivity contribution >= 4 is 5.97 Å². The highest BCUT2D eigenvalue weighted by atomic mass is 16.5. The van der Waals surface area contributed by atoms with Crippen molar-refractivity contribution in [2.24, 2.45) is 5.11 Å². The SMILES string of the molecule is CCOC(=O)C1(NCCCN=[N+]=[N-])CCN(C(C)C)CC1. The van der Waals surface area contributed by atoms with Gasteiger partial charge in [-0.05, 0) is 52.1 Å². The van der Waals surface area contributed by atoms with Crippen LogP contribution in [0, 0.1) is 0 Å². The van der Waals surface area contributed by atoms with Gasteiger partial charge >= 0.3 is 5.97 Å². The second kappa shape index (κ2) is 8.87. The van der Waals surface area contributed by atoms with Crippen LogP contribution in [0.25, 0.3) is 10.4 Å². The van der Waals surface area contributed by atoms with Crippen LogP contribution in [-0.2, 0) is 9.53 Å². The molecule has 1 heterocycles. The van der Waals surface area contributed by atoms with Crippen LogP contribution in [0.4, 0.5) is 0 Å². The van der Waals surface area contributed by atoms with Gasteiger partial charge in [-0.1, -0.05) is 5.11 Å². The summed E-state index contributed by atoms with van der Waals surface area (Å²) in [5.74, 6) is -0.155. The number of carbonyl (C=O) groups excluding carboxylic acids is 1. The Morgan fingerprint density at radius 3 is 2.67 bits per heavy atom. The van der Waals surface area contributed by atoms with E-state index in [4.69, 9.17) is 10.3 Å². The molecule has 1 aliphatic rings. The summed E-state index contributed by atoms with van der Waals surface area (Å²) in [6, 6.07) is 0.496. The average Bonchev–Trinajstić information content (AvgIpc) is 2.47. The monoisotopic (exact) mass is 297 g/mol. The van der Waals surface area contributed by atoms with Gasteiger partial charge in [0.25, 0.3) is 0 Å². The van der Waals surface area contributed by atoms with Crippen LogP contribution in [0.2, 0.25) is 0 Å². The number of hydrogen-bond acceptors (Lipinski definition) is 5. The zero-order valence-electron chi connectivity index (χ0n) is 13.3. The smallest absolute Gasteiger partial charge is 0.326 e. The first-order valence-corrected chi connectivity index (χ1v) is 7.73. The van der Waals surface area contributed by atoms with Gasteiger partial charge in [-0.3, -0.25) is 4.79 Å². The van der Waals surface area contributed by atoms with Crippen LogP contribution in [0.15, 0.2) is 5.11 Å². The number of ether oxygens (including phenoxy) is 1. The van der Waals surface area contributed by atoms with E-state index in [1.54, 1.807) is 0 Å². The van der Waals surface area contributed by atoms with Crippen molar-refractivity contribution in [3.63, 3.8) is 0 Å². The summed E-state index contributed by atoms with van der Waals surface area (Å²) in [5.41, 5.74) is 7.68. The topological polar surface area (TPSA) is 90.3 Å². The molecular weight excluding hydrogens is 270 g/mol. The first-order valence-electron chi connectivity index (χ1n) is 7.73. The van der Waals surface area contributed by atoms with E-state index in [0.29, 0.717) is 25.7 Å². The molecule has 1 aliphatic heterocycles. The minimum atomic E-state index is -0.586. The number of nitrogens with zero attached hydrogens (tertiary/aromatic N) is 4. The zero-order chi connectivity index (χ0) is 15.7.